The van der Waals surface area contributed by atoms with Crippen molar-refractivity contribution in [3.63, 3.8) is 0 Å². The van der Waals surface area contributed by atoms with Crippen LogP contribution in [0.15, 0.2) is 53.3 Å². The second-order valence-corrected chi connectivity index (χ2v) is 9.25. The smallest absolute Gasteiger partial charge is 0.407 e. The lowest BCUT2D eigenvalue weighted by Crippen LogP contribution is -2.47. The van der Waals surface area contributed by atoms with Crippen molar-refractivity contribution >= 4 is 22.7 Å². The SMILES string of the molecule is O=C(O)N(Cc1ccc2c(c1)OCCO2)C1CCN(CCn2c(=O)ccc3c([N+](=O)[O-])cccc32)CC1. The number of likely N-dealkylation sites (tertiary alicyclic amines) is 1. The van der Waals surface area contributed by atoms with E-state index in [4.69, 9.17) is 9.47 Å². The summed E-state index contributed by atoms with van der Waals surface area (Å²) in [5, 5.41) is 21.7. The third kappa shape index (κ3) is 5.21. The van der Waals surface area contributed by atoms with Gasteiger partial charge in [-0.25, -0.2) is 4.79 Å². The lowest BCUT2D eigenvalue weighted by atomic mass is 10.0. The van der Waals surface area contributed by atoms with E-state index < -0.39 is 11.0 Å². The van der Waals surface area contributed by atoms with Gasteiger partial charge in [0.05, 0.1) is 15.8 Å². The minimum Gasteiger partial charge on any atom is -0.486 e. The molecular formula is C26H28N4O7. The Bertz CT molecular complexity index is 1380. The number of hydrogen-bond donors (Lipinski definition) is 1. The first-order valence-electron chi connectivity index (χ1n) is 12.3. The van der Waals surface area contributed by atoms with Crippen molar-refractivity contribution in [1.82, 2.24) is 14.4 Å². The summed E-state index contributed by atoms with van der Waals surface area (Å²) in [6.07, 6.45) is 0.386. The van der Waals surface area contributed by atoms with Crippen molar-refractivity contribution in [2.45, 2.75) is 32.0 Å². The van der Waals surface area contributed by atoms with Crippen LogP contribution in [0.5, 0.6) is 11.5 Å². The Labute approximate surface area is 212 Å². The molecule has 2 aliphatic heterocycles. The molecule has 2 aliphatic rings. The quantitative estimate of drug-likeness (QED) is 0.380. The van der Waals surface area contributed by atoms with Crippen molar-refractivity contribution in [1.29, 1.82) is 0 Å². The summed E-state index contributed by atoms with van der Waals surface area (Å²) in [5.74, 6) is 1.31. The van der Waals surface area contributed by atoms with Gasteiger partial charge in [-0.15, -0.1) is 0 Å². The molecule has 0 radical (unpaired) electrons. The predicted octanol–water partition coefficient (Wildman–Crippen LogP) is 3.33. The molecule has 0 atom stereocenters. The molecule has 11 nitrogen and oxygen atoms in total. The van der Waals surface area contributed by atoms with E-state index in [1.54, 1.807) is 16.7 Å². The third-order valence-electron chi connectivity index (χ3n) is 7.05. The van der Waals surface area contributed by atoms with Crippen LogP contribution in [-0.2, 0) is 13.1 Å². The summed E-state index contributed by atoms with van der Waals surface area (Å²) in [4.78, 5) is 39.3. The van der Waals surface area contributed by atoms with Crippen LogP contribution in [-0.4, -0.2) is 69.4 Å². The Morgan fingerprint density at radius 1 is 1.05 bits per heavy atom. The lowest BCUT2D eigenvalue weighted by molar-refractivity contribution is -0.383. The summed E-state index contributed by atoms with van der Waals surface area (Å²) in [7, 11) is 0. The standard InChI is InChI=1S/C26H28N4O7/c31-25-7-5-20-21(2-1-3-22(20)30(34)35)28(25)13-12-27-10-8-19(9-11-27)29(26(32)33)17-18-4-6-23-24(16-18)37-15-14-36-23/h1-7,16,19H,8-15,17H2,(H,32,33). The molecule has 11 heteroatoms. The topological polar surface area (TPSA) is 127 Å². The highest BCUT2D eigenvalue weighted by Crippen LogP contribution is 2.32. The van der Waals surface area contributed by atoms with Crippen LogP contribution in [0.2, 0.25) is 0 Å². The van der Waals surface area contributed by atoms with E-state index in [2.05, 4.69) is 4.90 Å². The van der Waals surface area contributed by atoms with Gasteiger partial charge in [0, 0.05) is 50.9 Å². The number of carbonyl (C=O) groups is 1. The molecule has 0 aliphatic carbocycles. The summed E-state index contributed by atoms with van der Waals surface area (Å²) in [6.45, 7) is 3.59. The van der Waals surface area contributed by atoms with E-state index in [1.807, 2.05) is 18.2 Å². The fourth-order valence-electron chi connectivity index (χ4n) is 5.13. The van der Waals surface area contributed by atoms with Crippen molar-refractivity contribution in [2.24, 2.45) is 0 Å². The zero-order chi connectivity index (χ0) is 25.9. The highest BCUT2D eigenvalue weighted by atomic mass is 16.6. The van der Waals surface area contributed by atoms with Crippen molar-refractivity contribution in [3.8, 4) is 11.5 Å². The van der Waals surface area contributed by atoms with Crippen molar-refractivity contribution in [2.75, 3.05) is 32.8 Å². The van der Waals surface area contributed by atoms with E-state index in [-0.39, 0.29) is 23.8 Å². The van der Waals surface area contributed by atoms with Gasteiger partial charge in [0.2, 0.25) is 0 Å². The van der Waals surface area contributed by atoms with E-state index >= 15 is 0 Å². The molecule has 1 aromatic heterocycles. The van der Waals surface area contributed by atoms with E-state index in [1.165, 1.54) is 23.1 Å². The monoisotopic (exact) mass is 508 g/mol. The summed E-state index contributed by atoms with van der Waals surface area (Å²) in [6, 6.07) is 13.0. The minimum absolute atomic E-state index is 0.0289. The molecule has 0 saturated carbocycles. The number of amides is 1. The summed E-state index contributed by atoms with van der Waals surface area (Å²) < 4.78 is 12.7. The molecule has 3 aromatic rings. The second kappa shape index (κ2) is 10.5. The predicted molar refractivity (Wildman–Crippen MR) is 135 cm³/mol. The van der Waals surface area contributed by atoms with Crippen LogP contribution in [0.1, 0.15) is 18.4 Å². The molecule has 0 unspecified atom stereocenters. The number of aromatic nitrogens is 1. The third-order valence-corrected chi connectivity index (χ3v) is 7.05. The summed E-state index contributed by atoms with van der Waals surface area (Å²) >= 11 is 0. The first kappa shape index (κ1) is 24.6. The molecule has 1 fully saturated rings. The highest BCUT2D eigenvalue weighted by Gasteiger charge is 2.28. The maximum atomic E-state index is 12.6. The number of fused-ring (bicyclic) bond motifs is 2. The number of carboxylic acid groups (broad SMARTS) is 1. The van der Waals surface area contributed by atoms with Crippen molar-refractivity contribution < 1.29 is 24.3 Å². The number of pyridine rings is 1. The molecule has 2 aromatic carbocycles. The lowest BCUT2D eigenvalue weighted by Gasteiger charge is -2.37. The number of nitro groups is 1. The van der Waals surface area contributed by atoms with Crippen LogP contribution in [0.25, 0.3) is 10.9 Å². The molecule has 0 bridgehead atoms. The van der Waals surface area contributed by atoms with Gasteiger partial charge < -0.3 is 28.9 Å². The van der Waals surface area contributed by atoms with Gasteiger partial charge in [-0.2, -0.15) is 0 Å². The second-order valence-electron chi connectivity index (χ2n) is 9.25. The average Bonchev–Trinajstić information content (AvgIpc) is 2.91. The number of rotatable bonds is 7. The van der Waals surface area contributed by atoms with Gasteiger partial charge in [-0.3, -0.25) is 14.9 Å². The fraction of sp³-hybridized carbons (Fsp3) is 0.385. The first-order valence-corrected chi connectivity index (χ1v) is 12.3. The molecule has 1 saturated heterocycles. The maximum Gasteiger partial charge on any atom is 0.407 e. The van der Waals surface area contributed by atoms with Crippen LogP contribution in [0, 0.1) is 10.1 Å². The molecule has 5 rings (SSSR count). The van der Waals surface area contributed by atoms with Crippen LogP contribution in [0.3, 0.4) is 0 Å². The van der Waals surface area contributed by atoms with E-state index in [9.17, 15) is 24.8 Å². The molecular weight excluding hydrogens is 480 g/mol. The fourth-order valence-corrected chi connectivity index (χ4v) is 5.13. The normalized spacial score (nSPS) is 16.0. The maximum absolute atomic E-state index is 12.6. The molecule has 1 amide bonds. The van der Waals surface area contributed by atoms with E-state index in [0.717, 1.165) is 5.56 Å². The van der Waals surface area contributed by atoms with E-state index in [0.29, 0.717) is 74.6 Å². The zero-order valence-electron chi connectivity index (χ0n) is 20.2. The van der Waals surface area contributed by atoms with Crippen LogP contribution >= 0.6 is 0 Å². The van der Waals surface area contributed by atoms with Gasteiger partial charge >= 0.3 is 6.09 Å². The Kier molecular flexibility index (Phi) is 6.95. The zero-order valence-corrected chi connectivity index (χ0v) is 20.2. The number of benzene rings is 2. The molecule has 1 N–H and O–H groups in total. The van der Waals surface area contributed by atoms with Crippen LogP contribution in [0.4, 0.5) is 10.5 Å². The molecule has 0 spiro atoms. The molecule has 37 heavy (non-hydrogen) atoms. The Morgan fingerprint density at radius 2 is 1.81 bits per heavy atom. The minimum atomic E-state index is -0.961. The highest BCUT2D eigenvalue weighted by molar-refractivity contribution is 5.88. The van der Waals surface area contributed by atoms with Gasteiger partial charge in [0.25, 0.3) is 11.2 Å². The number of non-ortho nitro benzene ring substituents is 1. The number of hydrogen-bond acceptors (Lipinski definition) is 7. The van der Waals surface area contributed by atoms with Gasteiger partial charge in [0.1, 0.15) is 13.2 Å². The Balaban J connectivity index is 1.22. The molecule has 3 heterocycles. The Morgan fingerprint density at radius 3 is 2.54 bits per heavy atom. The van der Waals surface area contributed by atoms with Gasteiger partial charge in [-0.1, -0.05) is 12.1 Å². The Hall–Kier alpha value is -4.12. The summed E-state index contributed by atoms with van der Waals surface area (Å²) in [5.41, 5.74) is 1.14. The van der Waals surface area contributed by atoms with Gasteiger partial charge in [-0.05, 0) is 42.7 Å². The number of nitrogens with zero attached hydrogens (tertiary/aromatic N) is 4. The first-order chi connectivity index (χ1) is 17.9. The van der Waals surface area contributed by atoms with Crippen LogP contribution < -0.4 is 15.0 Å². The number of piperidine rings is 1. The largest absolute Gasteiger partial charge is 0.486 e. The number of ether oxygens (including phenoxy) is 2. The number of nitro benzene ring substituents is 1. The van der Waals surface area contributed by atoms with Gasteiger partial charge in [0.15, 0.2) is 11.5 Å². The average molecular weight is 509 g/mol. The molecule has 194 valence electrons. The van der Waals surface area contributed by atoms with Crippen molar-refractivity contribution in [3.05, 3.63) is 74.6 Å².